The van der Waals surface area contributed by atoms with Gasteiger partial charge in [0, 0.05) is 35.9 Å². The van der Waals surface area contributed by atoms with Crippen LogP contribution in [0.4, 0.5) is 16.3 Å². The van der Waals surface area contributed by atoms with Crippen molar-refractivity contribution >= 4 is 23.4 Å². The molecule has 2 aliphatic heterocycles. The van der Waals surface area contributed by atoms with E-state index in [1.54, 1.807) is 35.4 Å². The lowest BCUT2D eigenvalue weighted by Crippen LogP contribution is -2.65. The van der Waals surface area contributed by atoms with Crippen molar-refractivity contribution in [3.63, 3.8) is 0 Å². The van der Waals surface area contributed by atoms with Gasteiger partial charge < -0.3 is 25.8 Å². The summed E-state index contributed by atoms with van der Waals surface area (Å²) in [5, 5.41) is 6.10. The highest BCUT2D eigenvalue weighted by molar-refractivity contribution is 5.99. The fourth-order valence-electron chi connectivity index (χ4n) is 5.56. The first-order chi connectivity index (χ1) is 20.3. The third-order valence-electron chi connectivity index (χ3n) is 7.76. The standard InChI is InChI=1S/C33H33N5O4/c1-21-11-13-22(14-12-21)15-17-36-31(39)23-6-3-8-25(18-23)38-32(40)37-27-19-33(38,2)42-29-26(27)9-4-10-28(29)41-20-24-7-5-16-35-30(24)34/h3-14,16,18,27H,15,17,19-20H2,1-2H3,(H2,34,35)(H,36,39)(H,37,40). The quantitative estimate of drug-likeness (QED) is 0.268. The van der Waals surface area contributed by atoms with Gasteiger partial charge in [-0.15, -0.1) is 0 Å². The van der Waals surface area contributed by atoms with Crippen LogP contribution < -0.4 is 30.7 Å². The molecule has 2 atom stereocenters. The molecule has 42 heavy (non-hydrogen) atoms. The van der Waals surface area contributed by atoms with Crippen LogP contribution >= 0.6 is 0 Å². The van der Waals surface area contributed by atoms with Crippen LogP contribution in [-0.4, -0.2) is 29.2 Å². The van der Waals surface area contributed by atoms with Gasteiger partial charge in [-0.2, -0.15) is 0 Å². The number of hydrogen-bond donors (Lipinski definition) is 3. The van der Waals surface area contributed by atoms with Gasteiger partial charge in [0.15, 0.2) is 17.2 Å². The number of nitrogens with zero attached hydrogens (tertiary/aromatic N) is 2. The molecular weight excluding hydrogens is 530 g/mol. The summed E-state index contributed by atoms with van der Waals surface area (Å²) in [6, 6.07) is 24.1. The number of carbonyl (C=O) groups excluding carboxylic acids is 2. The van der Waals surface area contributed by atoms with Crippen LogP contribution in [0.15, 0.2) is 85.1 Å². The number of para-hydroxylation sites is 1. The van der Waals surface area contributed by atoms with Crippen molar-refractivity contribution in [2.24, 2.45) is 0 Å². The Hall–Kier alpha value is -5.05. The Kier molecular flexibility index (Phi) is 7.16. The maximum absolute atomic E-state index is 13.5. The lowest BCUT2D eigenvalue weighted by atomic mass is 9.89. The SMILES string of the molecule is Cc1ccc(CCNC(=O)c2cccc(N3C(=O)NC4CC3(C)Oc3c(OCc5cccnc5N)cccc34)c2)cc1. The van der Waals surface area contributed by atoms with Gasteiger partial charge in [0.1, 0.15) is 12.4 Å². The number of nitrogens with two attached hydrogens (primary N) is 1. The number of anilines is 2. The lowest BCUT2D eigenvalue weighted by Gasteiger charge is -2.50. The number of urea groups is 1. The van der Waals surface area contributed by atoms with E-state index < -0.39 is 5.72 Å². The topological polar surface area (TPSA) is 119 Å². The Labute approximate surface area is 244 Å². The molecule has 3 aromatic carbocycles. The number of rotatable bonds is 8. The molecule has 1 saturated heterocycles. The molecule has 4 aromatic rings. The monoisotopic (exact) mass is 563 g/mol. The largest absolute Gasteiger partial charge is 0.485 e. The summed E-state index contributed by atoms with van der Waals surface area (Å²) in [5.74, 6) is 1.31. The van der Waals surface area contributed by atoms with E-state index in [4.69, 9.17) is 15.2 Å². The molecular formula is C33H33N5O4. The van der Waals surface area contributed by atoms with Crippen molar-refractivity contribution in [2.75, 3.05) is 17.2 Å². The van der Waals surface area contributed by atoms with E-state index in [-0.39, 0.29) is 24.6 Å². The number of aromatic nitrogens is 1. The summed E-state index contributed by atoms with van der Waals surface area (Å²) < 4.78 is 12.7. The van der Waals surface area contributed by atoms with Gasteiger partial charge in [-0.1, -0.05) is 54.1 Å². The van der Waals surface area contributed by atoms with Gasteiger partial charge in [0.05, 0.1) is 11.7 Å². The van der Waals surface area contributed by atoms with Crippen LogP contribution in [-0.2, 0) is 13.0 Å². The minimum absolute atomic E-state index is 0.204. The molecule has 2 unspecified atom stereocenters. The first kappa shape index (κ1) is 27.1. The summed E-state index contributed by atoms with van der Waals surface area (Å²) in [4.78, 5) is 32.2. The van der Waals surface area contributed by atoms with Crippen molar-refractivity contribution < 1.29 is 19.1 Å². The van der Waals surface area contributed by atoms with E-state index in [0.717, 1.165) is 23.1 Å². The predicted octanol–water partition coefficient (Wildman–Crippen LogP) is 5.29. The van der Waals surface area contributed by atoms with Gasteiger partial charge in [0.2, 0.25) is 0 Å². The van der Waals surface area contributed by atoms with Crippen LogP contribution in [0.5, 0.6) is 11.5 Å². The molecule has 0 spiro atoms. The second-order valence-electron chi connectivity index (χ2n) is 10.9. The van der Waals surface area contributed by atoms with Crippen molar-refractivity contribution in [2.45, 2.75) is 45.1 Å². The molecule has 0 radical (unpaired) electrons. The third-order valence-corrected chi connectivity index (χ3v) is 7.76. The van der Waals surface area contributed by atoms with Gasteiger partial charge in [-0.25, -0.2) is 9.78 Å². The Morgan fingerprint density at radius 1 is 1.14 bits per heavy atom. The minimum Gasteiger partial charge on any atom is -0.485 e. The number of aryl methyl sites for hydroxylation is 1. The number of pyridine rings is 1. The van der Waals surface area contributed by atoms with E-state index in [0.29, 0.717) is 41.5 Å². The molecule has 1 fully saturated rings. The Morgan fingerprint density at radius 3 is 2.76 bits per heavy atom. The summed E-state index contributed by atoms with van der Waals surface area (Å²) in [6.07, 6.45) is 2.87. The maximum atomic E-state index is 13.5. The second-order valence-corrected chi connectivity index (χ2v) is 10.9. The van der Waals surface area contributed by atoms with Crippen LogP contribution in [0.3, 0.4) is 0 Å². The Balaban J connectivity index is 1.21. The van der Waals surface area contributed by atoms with Gasteiger partial charge in [-0.05, 0) is 56.2 Å². The van der Waals surface area contributed by atoms with Gasteiger partial charge in [0.25, 0.3) is 5.91 Å². The first-order valence-corrected chi connectivity index (χ1v) is 14.0. The maximum Gasteiger partial charge on any atom is 0.325 e. The van der Waals surface area contributed by atoms with Crippen molar-refractivity contribution in [1.29, 1.82) is 0 Å². The normalized spacial score (nSPS) is 18.9. The van der Waals surface area contributed by atoms with Crippen LogP contribution in [0.2, 0.25) is 0 Å². The number of nitrogen functional groups attached to an aromatic ring is 1. The zero-order chi connectivity index (χ0) is 29.3. The fourth-order valence-corrected chi connectivity index (χ4v) is 5.56. The molecule has 6 rings (SSSR count). The Bertz CT molecular complexity index is 1640. The smallest absolute Gasteiger partial charge is 0.325 e. The molecule has 2 aliphatic rings. The predicted molar refractivity (Wildman–Crippen MR) is 160 cm³/mol. The number of hydrogen-bond acceptors (Lipinski definition) is 6. The minimum atomic E-state index is -1.02. The number of amides is 3. The summed E-state index contributed by atoms with van der Waals surface area (Å²) in [6.45, 7) is 4.65. The van der Waals surface area contributed by atoms with E-state index in [9.17, 15) is 9.59 Å². The summed E-state index contributed by atoms with van der Waals surface area (Å²) in [7, 11) is 0. The number of benzene rings is 3. The zero-order valence-corrected chi connectivity index (χ0v) is 23.6. The lowest BCUT2D eigenvalue weighted by molar-refractivity contribution is 0.0338. The molecule has 2 bridgehead atoms. The van der Waals surface area contributed by atoms with E-state index in [1.165, 1.54) is 5.56 Å². The molecule has 4 N–H and O–H groups in total. The average Bonchev–Trinajstić information content (AvgIpc) is 2.97. The van der Waals surface area contributed by atoms with E-state index in [1.807, 2.05) is 44.2 Å². The van der Waals surface area contributed by atoms with Crippen molar-refractivity contribution in [1.82, 2.24) is 15.6 Å². The molecule has 9 heteroatoms. The van der Waals surface area contributed by atoms with E-state index >= 15 is 0 Å². The Morgan fingerprint density at radius 2 is 1.95 bits per heavy atom. The molecule has 0 saturated carbocycles. The molecule has 3 amide bonds. The molecule has 9 nitrogen and oxygen atoms in total. The van der Waals surface area contributed by atoms with E-state index in [2.05, 4.69) is 39.9 Å². The zero-order valence-electron chi connectivity index (χ0n) is 23.6. The van der Waals surface area contributed by atoms with Gasteiger partial charge in [-0.3, -0.25) is 9.69 Å². The molecule has 1 aromatic heterocycles. The summed E-state index contributed by atoms with van der Waals surface area (Å²) in [5.41, 5.74) is 9.97. The van der Waals surface area contributed by atoms with Crippen LogP contribution in [0, 0.1) is 6.92 Å². The number of fused-ring (bicyclic) bond motifs is 4. The highest BCUT2D eigenvalue weighted by Crippen LogP contribution is 2.49. The highest BCUT2D eigenvalue weighted by atomic mass is 16.5. The fraction of sp³-hybridized carbons (Fsp3) is 0.242. The number of ether oxygens (including phenoxy) is 2. The van der Waals surface area contributed by atoms with Crippen molar-refractivity contribution in [3.8, 4) is 11.5 Å². The summed E-state index contributed by atoms with van der Waals surface area (Å²) >= 11 is 0. The van der Waals surface area contributed by atoms with Crippen LogP contribution in [0.25, 0.3) is 0 Å². The highest BCUT2D eigenvalue weighted by Gasteiger charge is 2.50. The average molecular weight is 564 g/mol. The van der Waals surface area contributed by atoms with Gasteiger partial charge >= 0.3 is 6.03 Å². The third kappa shape index (κ3) is 5.33. The molecule has 214 valence electrons. The number of nitrogens with one attached hydrogen (secondary N) is 2. The molecule has 3 heterocycles. The van der Waals surface area contributed by atoms with Crippen LogP contribution in [0.1, 0.15) is 52.0 Å². The first-order valence-electron chi connectivity index (χ1n) is 14.0. The van der Waals surface area contributed by atoms with Crippen molar-refractivity contribution in [3.05, 3.63) is 113 Å². The molecule has 0 aliphatic carbocycles. The second kappa shape index (κ2) is 11.1. The number of carbonyl (C=O) groups is 2.